The molecule has 0 amide bonds. The third-order valence-electron chi connectivity index (χ3n) is 5.56. The van der Waals surface area contributed by atoms with E-state index in [9.17, 15) is 4.79 Å². The van der Waals surface area contributed by atoms with Crippen molar-refractivity contribution in [2.45, 2.75) is 51.5 Å². The van der Waals surface area contributed by atoms with Crippen LogP contribution in [0.3, 0.4) is 0 Å². The monoisotopic (exact) mass is 332 g/mol. The molecule has 0 saturated carbocycles. The fourth-order valence-corrected chi connectivity index (χ4v) is 3.88. The number of piperidine rings is 2. The molecule has 2 aliphatic rings. The summed E-state index contributed by atoms with van der Waals surface area (Å²) in [6.45, 7) is 6.84. The molecule has 0 aliphatic carbocycles. The maximum Gasteiger partial charge on any atom is 0.356 e. The van der Waals surface area contributed by atoms with E-state index in [1.807, 2.05) is 0 Å². The molecule has 6 heteroatoms. The SMILES string of the molecule is CC1CCCCN1CCC1CCN(c2cnc(C(=O)O)cn2)CC1. The van der Waals surface area contributed by atoms with Crippen molar-refractivity contribution in [3.8, 4) is 0 Å². The molecule has 2 aliphatic heterocycles. The molecule has 132 valence electrons. The minimum Gasteiger partial charge on any atom is -0.476 e. The number of hydrogen-bond donors (Lipinski definition) is 1. The Balaban J connectivity index is 1.44. The maximum atomic E-state index is 10.8. The van der Waals surface area contributed by atoms with Gasteiger partial charge in [-0.15, -0.1) is 0 Å². The molecule has 0 radical (unpaired) electrons. The zero-order valence-electron chi connectivity index (χ0n) is 14.5. The minimum absolute atomic E-state index is 0.00397. The van der Waals surface area contributed by atoms with E-state index in [1.165, 1.54) is 57.8 Å². The van der Waals surface area contributed by atoms with Gasteiger partial charge in [0.15, 0.2) is 5.69 Å². The van der Waals surface area contributed by atoms with Gasteiger partial charge in [0, 0.05) is 19.1 Å². The molecule has 1 aromatic rings. The van der Waals surface area contributed by atoms with E-state index in [0.717, 1.165) is 30.9 Å². The average Bonchev–Trinajstić information content (AvgIpc) is 2.62. The molecule has 3 heterocycles. The normalized spacial score (nSPS) is 23.4. The lowest BCUT2D eigenvalue weighted by Gasteiger charge is -2.36. The molecule has 2 fully saturated rings. The van der Waals surface area contributed by atoms with E-state index in [4.69, 9.17) is 5.11 Å². The largest absolute Gasteiger partial charge is 0.476 e. The lowest BCUT2D eigenvalue weighted by molar-refractivity contribution is 0.0690. The van der Waals surface area contributed by atoms with Gasteiger partial charge in [-0.2, -0.15) is 0 Å². The first-order valence-electron chi connectivity index (χ1n) is 9.18. The molecule has 0 spiro atoms. The maximum absolute atomic E-state index is 10.8. The van der Waals surface area contributed by atoms with Crippen LogP contribution in [-0.4, -0.2) is 58.2 Å². The fourth-order valence-electron chi connectivity index (χ4n) is 3.88. The van der Waals surface area contributed by atoms with Crippen molar-refractivity contribution in [1.29, 1.82) is 0 Å². The first-order valence-corrected chi connectivity index (χ1v) is 9.18. The van der Waals surface area contributed by atoms with Crippen LogP contribution in [-0.2, 0) is 0 Å². The van der Waals surface area contributed by atoms with Crippen LogP contribution in [0.2, 0.25) is 0 Å². The molecule has 0 aromatic carbocycles. The number of carboxylic acids is 1. The van der Waals surface area contributed by atoms with Crippen molar-refractivity contribution in [2.24, 2.45) is 5.92 Å². The highest BCUT2D eigenvalue weighted by Gasteiger charge is 2.23. The van der Waals surface area contributed by atoms with E-state index < -0.39 is 5.97 Å². The first-order chi connectivity index (χ1) is 11.6. The third-order valence-corrected chi connectivity index (χ3v) is 5.56. The molecule has 6 nitrogen and oxygen atoms in total. The molecule has 24 heavy (non-hydrogen) atoms. The molecule has 2 saturated heterocycles. The minimum atomic E-state index is -1.03. The number of rotatable bonds is 5. The highest BCUT2D eigenvalue weighted by molar-refractivity contribution is 5.84. The van der Waals surface area contributed by atoms with Crippen LogP contribution >= 0.6 is 0 Å². The van der Waals surface area contributed by atoms with Gasteiger partial charge in [0.05, 0.1) is 12.4 Å². The van der Waals surface area contributed by atoms with Gasteiger partial charge in [0.25, 0.3) is 0 Å². The highest BCUT2D eigenvalue weighted by atomic mass is 16.4. The predicted molar refractivity (Wildman–Crippen MR) is 93.4 cm³/mol. The van der Waals surface area contributed by atoms with Crippen molar-refractivity contribution in [3.05, 3.63) is 18.1 Å². The topological polar surface area (TPSA) is 69.6 Å². The summed E-state index contributed by atoms with van der Waals surface area (Å²) in [7, 11) is 0. The second kappa shape index (κ2) is 7.92. The second-order valence-electron chi connectivity index (χ2n) is 7.16. The van der Waals surface area contributed by atoms with Crippen molar-refractivity contribution in [1.82, 2.24) is 14.9 Å². The number of carbonyl (C=O) groups is 1. The standard InChI is InChI=1S/C18H28N4O2/c1-14-4-2-3-8-21(14)9-5-15-6-10-22(11-7-15)17-13-19-16(12-20-17)18(23)24/h12-15H,2-11H2,1H3,(H,23,24). The van der Waals surface area contributed by atoms with Crippen LogP contribution in [0, 0.1) is 5.92 Å². The zero-order chi connectivity index (χ0) is 16.9. The third kappa shape index (κ3) is 4.23. The molecule has 0 bridgehead atoms. The number of carboxylic acid groups (broad SMARTS) is 1. The van der Waals surface area contributed by atoms with Gasteiger partial charge in [0.2, 0.25) is 0 Å². The number of aromatic nitrogens is 2. The Bertz CT molecular complexity index is 540. The molecule has 1 N–H and O–H groups in total. The van der Waals surface area contributed by atoms with Gasteiger partial charge in [-0.3, -0.25) is 0 Å². The van der Waals surface area contributed by atoms with Gasteiger partial charge < -0.3 is 14.9 Å². The number of nitrogens with zero attached hydrogens (tertiary/aromatic N) is 4. The van der Waals surface area contributed by atoms with Crippen LogP contribution < -0.4 is 4.90 Å². The predicted octanol–water partition coefficient (Wildman–Crippen LogP) is 2.66. The quantitative estimate of drug-likeness (QED) is 0.894. The molecular formula is C18H28N4O2. The summed E-state index contributed by atoms with van der Waals surface area (Å²) in [5, 5.41) is 8.89. The smallest absolute Gasteiger partial charge is 0.356 e. The van der Waals surface area contributed by atoms with Crippen molar-refractivity contribution in [2.75, 3.05) is 31.1 Å². The summed E-state index contributed by atoms with van der Waals surface area (Å²) in [5.74, 6) is 0.560. The van der Waals surface area contributed by atoms with E-state index in [-0.39, 0.29) is 5.69 Å². The highest BCUT2D eigenvalue weighted by Crippen LogP contribution is 2.25. The van der Waals surface area contributed by atoms with E-state index in [0.29, 0.717) is 0 Å². The van der Waals surface area contributed by atoms with Crippen molar-refractivity contribution >= 4 is 11.8 Å². The molecule has 3 rings (SSSR count). The Labute approximate surface area is 143 Å². The summed E-state index contributed by atoms with van der Waals surface area (Å²) < 4.78 is 0. The van der Waals surface area contributed by atoms with Gasteiger partial charge in [0.1, 0.15) is 5.82 Å². The number of anilines is 1. The number of aromatic carboxylic acids is 1. The van der Waals surface area contributed by atoms with E-state index in [1.54, 1.807) is 6.20 Å². The Morgan fingerprint density at radius 3 is 2.58 bits per heavy atom. The van der Waals surface area contributed by atoms with Gasteiger partial charge >= 0.3 is 5.97 Å². The lowest BCUT2D eigenvalue weighted by Crippen LogP contribution is -2.40. The Kier molecular flexibility index (Phi) is 5.66. The van der Waals surface area contributed by atoms with Crippen LogP contribution in [0.25, 0.3) is 0 Å². The Morgan fingerprint density at radius 1 is 1.17 bits per heavy atom. The van der Waals surface area contributed by atoms with Crippen LogP contribution in [0.1, 0.15) is 55.9 Å². The molecular weight excluding hydrogens is 304 g/mol. The van der Waals surface area contributed by atoms with Gasteiger partial charge in [-0.05, 0) is 58.0 Å². The van der Waals surface area contributed by atoms with Crippen molar-refractivity contribution < 1.29 is 9.90 Å². The summed E-state index contributed by atoms with van der Waals surface area (Å²) in [6.07, 6.45) is 10.7. The number of likely N-dealkylation sites (tertiary alicyclic amines) is 1. The van der Waals surface area contributed by atoms with Crippen LogP contribution in [0.4, 0.5) is 5.82 Å². The van der Waals surface area contributed by atoms with Gasteiger partial charge in [-0.1, -0.05) is 6.42 Å². The second-order valence-corrected chi connectivity index (χ2v) is 7.16. The summed E-state index contributed by atoms with van der Waals surface area (Å²) in [5.41, 5.74) is 0.00397. The zero-order valence-corrected chi connectivity index (χ0v) is 14.5. The van der Waals surface area contributed by atoms with Crippen LogP contribution in [0.15, 0.2) is 12.4 Å². The first kappa shape index (κ1) is 17.1. The van der Waals surface area contributed by atoms with Crippen LogP contribution in [0.5, 0.6) is 0 Å². The Hall–Kier alpha value is -1.69. The summed E-state index contributed by atoms with van der Waals surface area (Å²) >= 11 is 0. The Morgan fingerprint density at radius 2 is 1.96 bits per heavy atom. The molecule has 1 unspecified atom stereocenters. The number of hydrogen-bond acceptors (Lipinski definition) is 5. The van der Waals surface area contributed by atoms with Crippen molar-refractivity contribution in [3.63, 3.8) is 0 Å². The molecule has 1 atom stereocenters. The van der Waals surface area contributed by atoms with E-state index >= 15 is 0 Å². The average molecular weight is 332 g/mol. The van der Waals surface area contributed by atoms with E-state index in [2.05, 4.69) is 26.7 Å². The fraction of sp³-hybridized carbons (Fsp3) is 0.722. The summed E-state index contributed by atoms with van der Waals surface area (Å²) in [6, 6.07) is 0.752. The van der Waals surface area contributed by atoms with Gasteiger partial charge in [-0.25, -0.2) is 14.8 Å². The lowest BCUT2D eigenvalue weighted by atomic mass is 9.92. The summed E-state index contributed by atoms with van der Waals surface area (Å²) in [4.78, 5) is 23.9. The molecule has 1 aromatic heterocycles.